The lowest BCUT2D eigenvalue weighted by atomic mass is 9.97. The molecule has 1 heterocycles. The molecular formula is C15H22N2O2. The molecule has 19 heavy (non-hydrogen) atoms. The number of amides is 1. The third-order valence-corrected chi connectivity index (χ3v) is 3.45. The average Bonchev–Trinajstić information content (AvgIpc) is 2.29. The number of rotatable bonds is 4. The highest BCUT2D eigenvalue weighted by molar-refractivity contribution is 5.78. The fourth-order valence-corrected chi connectivity index (χ4v) is 2.40. The molecule has 1 fully saturated rings. The third-order valence-electron chi connectivity index (χ3n) is 3.45. The first-order chi connectivity index (χ1) is 8.85. The molecule has 1 saturated heterocycles. The van der Waals surface area contributed by atoms with Crippen molar-refractivity contribution >= 4 is 5.91 Å². The highest BCUT2D eigenvalue weighted by Gasteiger charge is 2.37. The van der Waals surface area contributed by atoms with Gasteiger partial charge < -0.3 is 10.0 Å². The maximum Gasteiger partial charge on any atom is 0.236 e. The second kappa shape index (κ2) is 5.31. The Morgan fingerprint density at radius 1 is 1.37 bits per heavy atom. The Labute approximate surface area is 114 Å². The largest absolute Gasteiger partial charge is 0.388 e. The lowest BCUT2D eigenvalue weighted by molar-refractivity contribution is -0.139. The van der Waals surface area contributed by atoms with Gasteiger partial charge in [0, 0.05) is 26.7 Å². The van der Waals surface area contributed by atoms with E-state index >= 15 is 0 Å². The van der Waals surface area contributed by atoms with Crippen molar-refractivity contribution in [3.63, 3.8) is 0 Å². The Bertz CT molecular complexity index is 446. The van der Waals surface area contributed by atoms with Gasteiger partial charge in [0.05, 0.1) is 12.1 Å². The molecule has 1 aromatic carbocycles. The highest BCUT2D eigenvalue weighted by atomic mass is 16.3. The third kappa shape index (κ3) is 3.78. The van der Waals surface area contributed by atoms with Crippen LogP contribution in [0.2, 0.25) is 0 Å². The molecule has 1 amide bonds. The van der Waals surface area contributed by atoms with Crippen LogP contribution in [0.5, 0.6) is 0 Å². The van der Waals surface area contributed by atoms with Gasteiger partial charge in [-0.1, -0.05) is 29.8 Å². The second-order valence-corrected chi connectivity index (χ2v) is 5.88. The van der Waals surface area contributed by atoms with Gasteiger partial charge in [0.25, 0.3) is 0 Å². The standard InChI is InChI=1S/C15H22N2O2/c1-12-4-6-13(7-5-12)8-16(3)14(18)9-17-10-15(2,19)11-17/h4-7,19H,8-11H2,1-3H3. The van der Waals surface area contributed by atoms with Gasteiger partial charge in [0.1, 0.15) is 0 Å². The summed E-state index contributed by atoms with van der Waals surface area (Å²) in [6, 6.07) is 8.21. The summed E-state index contributed by atoms with van der Waals surface area (Å²) in [5.74, 6) is 0.0936. The summed E-state index contributed by atoms with van der Waals surface area (Å²) in [5.41, 5.74) is 1.74. The minimum absolute atomic E-state index is 0.0936. The molecule has 0 radical (unpaired) electrons. The summed E-state index contributed by atoms with van der Waals surface area (Å²) in [5, 5.41) is 9.63. The summed E-state index contributed by atoms with van der Waals surface area (Å²) < 4.78 is 0. The van der Waals surface area contributed by atoms with Crippen molar-refractivity contribution in [1.29, 1.82) is 0 Å². The molecule has 0 unspecified atom stereocenters. The van der Waals surface area contributed by atoms with E-state index in [1.807, 2.05) is 24.1 Å². The van der Waals surface area contributed by atoms with Crippen LogP contribution in [0.1, 0.15) is 18.1 Å². The van der Waals surface area contributed by atoms with Crippen LogP contribution < -0.4 is 0 Å². The van der Waals surface area contributed by atoms with E-state index in [0.29, 0.717) is 26.2 Å². The van der Waals surface area contributed by atoms with E-state index in [4.69, 9.17) is 0 Å². The molecule has 0 aromatic heterocycles. The second-order valence-electron chi connectivity index (χ2n) is 5.88. The lowest BCUT2D eigenvalue weighted by Crippen LogP contribution is -2.61. The normalized spacial score (nSPS) is 17.9. The van der Waals surface area contributed by atoms with Crippen molar-refractivity contribution in [3.8, 4) is 0 Å². The number of aryl methyl sites for hydroxylation is 1. The van der Waals surface area contributed by atoms with Crippen LogP contribution in [0.15, 0.2) is 24.3 Å². The average molecular weight is 262 g/mol. The molecular weight excluding hydrogens is 240 g/mol. The van der Waals surface area contributed by atoms with Crippen LogP contribution in [0.25, 0.3) is 0 Å². The smallest absolute Gasteiger partial charge is 0.236 e. The van der Waals surface area contributed by atoms with Crippen LogP contribution in [0.4, 0.5) is 0 Å². The van der Waals surface area contributed by atoms with Crippen molar-refractivity contribution < 1.29 is 9.90 Å². The van der Waals surface area contributed by atoms with Gasteiger partial charge in [-0.15, -0.1) is 0 Å². The molecule has 0 aliphatic carbocycles. The molecule has 0 spiro atoms. The van der Waals surface area contributed by atoms with Crippen LogP contribution >= 0.6 is 0 Å². The topological polar surface area (TPSA) is 43.8 Å². The van der Waals surface area contributed by atoms with Gasteiger partial charge in [-0.05, 0) is 19.4 Å². The molecule has 0 saturated carbocycles. The van der Waals surface area contributed by atoms with E-state index in [1.165, 1.54) is 5.56 Å². The van der Waals surface area contributed by atoms with E-state index in [9.17, 15) is 9.90 Å². The number of benzene rings is 1. The van der Waals surface area contributed by atoms with Crippen LogP contribution in [-0.2, 0) is 11.3 Å². The maximum atomic E-state index is 12.0. The molecule has 104 valence electrons. The molecule has 1 aliphatic heterocycles. The highest BCUT2D eigenvalue weighted by Crippen LogP contribution is 2.19. The van der Waals surface area contributed by atoms with Crippen molar-refractivity contribution in [2.24, 2.45) is 0 Å². The predicted octanol–water partition coefficient (Wildman–Crippen LogP) is 1.02. The summed E-state index contributed by atoms with van der Waals surface area (Å²) in [7, 11) is 1.82. The van der Waals surface area contributed by atoms with E-state index in [0.717, 1.165) is 5.56 Å². The van der Waals surface area contributed by atoms with Crippen molar-refractivity contribution in [2.45, 2.75) is 26.0 Å². The molecule has 0 atom stereocenters. The number of hydrogen-bond acceptors (Lipinski definition) is 3. The summed E-state index contributed by atoms with van der Waals surface area (Å²) in [4.78, 5) is 15.7. The zero-order chi connectivity index (χ0) is 14.0. The van der Waals surface area contributed by atoms with Crippen molar-refractivity contribution in [3.05, 3.63) is 35.4 Å². The van der Waals surface area contributed by atoms with Gasteiger partial charge >= 0.3 is 0 Å². The molecule has 1 aliphatic rings. The zero-order valence-electron chi connectivity index (χ0n) is 11.9. The van der Waals surface area contributed by atoms with Gasteiger partial charge in [-0.2, -0.15) is 0 Å². The Balaban J connectivity index is 1.81. The Morgan fingerprint density at radius 2 is 1.95 bits per heavy atom. The number of carbonyl (C=O) groups excluding carboxylic acids is 1. The lowest BCUT2D eigenvalue weighted by Gasteiger charge is -2.44. The Morgan fingerprint density at radius 3 is 2.47 bits per heavy atom. The molecule has 2 rings (SSSR count). The number of β-amino-alcohol motifs (C(OH)–C–C–N with tert-alkyl or cyclic N) is 1. The quantitative estimate of drug-likeness (QED) is 0.881. The minimum Gasteiger partial charge on any atom is -0.388 e. The van der Waals surface area contributed by atoms with Gasteiger partial charge in [0.2, 0.25) is 5.91 Å². The van der Waals surface area contributed by atoms with Crippen molar-refractivity contribution in [2.75, 3.05) is 26.7 Å². The number of likely N-dealkylation sites (N-methyl/N-ethyl adjacent to an activating group) is 1. The molecule has 0 bridgehead atoms. The molecule has 1 aromatic rings. The zero-order valence-corrected chi connectivity index (χ0v) is 11.9. The number of carbonyl (C=O) groups is 1. The molecule has 4 nitrogen and oxygen atoms in total. The van der Waals surface area contributed by atoms with E-state index < -0.39 is 5.60 Å². The predicted molar refractivity (Wildman–Crippen MR) is 74.7 cm³/mol. The summed E-state index contributed by atoms with van der Waals surface area (Å²) >= 11 is 0. The van der Waals surface area contributed by atoms with Crippen LogP contribution in [0.3, 0.4) is 0 Å². The first-order valence-corrected chi connectivity index (χ1v) is 6.60. The SMILES string of the molecule is Cc1ccc(CN(C)C(=O)CN2CC(C)(O)C2)cc1. The fourth-order valence-electron chi connectivity index (χ4n) is 2.40. The monoisotopic (exact) mass is 262 g/mol. The first kappa shape index (κ1) is 14.0. The fraction of sp³-hybridized carbons (Fsp3) is 0.533. The number of likely N-dealkylation sites (tertiary alicyclic amines) is 1. The van der Waals surface area contributed by atoms with E-state index in [2.05, 4.69) is 19.1 Å². The summed E-state index contributed by atoms with van der Waals surface area (Å²) in [6.07, 6.45) is 0. The van der Waals surface area contributed by atoms with Gasteiger partial charge in [0.15, 0.2) is 0 Å². The summed E-state index contributed by atoms with van der Waals surface area (Å²) in [6.45, 7) is 6.02. The number of hydrogen-bond donors (Lipinski definition) is 1. The molecule has 4 heteroatoms. The maximum absolute atomic E-state index is 12.0. The van der Waals surface area contributed by atoms with Crippen LogP contribution in [0, 0.1) is 6.92 Å². The van der Waals surface area contributed by atoms with E-state index in [-0.39, 0.29) is 5.91 Å². The van der Waals surface area contributed by atoms with Crippen molar-refractivity contribution in [1.82, 2.24) is 9.80 Å². The minimum atomic E-state index is -0.615. The van der Waals surface area contributed by atoms with Gasteiger partial charge in [-0.3, -0.25) is 9.69 Å². The Kier molecular flexibility index (Phi) is 3.92. The number of nitrogens with zero attached hydrogens (tertiary/aromatic N) is 2. The van der Waals surface area contributed by atoms with E-state index in [1.54, 1.807) is 11.8 Å². The van der Waals surface area contributed by atoms with Crippen LogP contribution in [-0.4, -0.2) is 53.1 Å². The van der Waals surface area contributed by atoms with Gasteiger partial charge in [-0.25, -0.2) is 0 Å². The number of aliphatic hydroxyl groups is 1. The Hall–Kier alpha value is -1.39. The molecule has 1 N–H and O–H groups in total. The first-order valence-electron chi connectivity index (χ1n) is 6.60.